The maximum atomic E-state index is 11.8. The number of carbonyl (C=O) groups excluding carboxylic acids is 1. The van der Waals surface area contributed by atoms with Crippen LogP contribution in [0.15, 0.2) is 15.4 Å². The Morgan fingerprint density at radius 2 is 2.21 bits per heavy atom. The monoisotopic (exact) mass is 290 g/mol. The molecule has 1 amide bonds. The molecule has 0 aromatic carbocycles. The summed E-state index contributed by atoms with van der Waals surface area (Å²) in [4.78, 5) is 11.6. The fraction of sp³-hybridized carbons (Fsp3) is 0.545. The Balaban J connectivity index is 2.74. The molecule has 1 unspecified atom stereocenters. The molecule has 0 saturated carbocycles. The predicted octanol–water partition coefficient (Wildman–Crippen LogP) is 0.248. The third-order valence-electron chi connectivity index (χ3n) is 2.46. The number of hydrogen-bond donors (Lipinski definition) is 2. The normalized spacial score (nSPS) is 13.3. The zero-order valence-corrected chi connectivity index (χ0v) is 11.9. The largest absolute Gasteiger partial charge is 0.455 e. The van der Waals surface area contributed by atoms with Crippen LogP contribution in [0.25, 0.3) is 0 Å². The maximum absolute atomic E-state index is 11.8. The molecule has 19 heavy (non-hydrogen) atoms. The number of sulfonamides is 1. The number of primary sulfonamides is 1. The Labute approximate surface area is 112 Å². The highest BCUT2D eigenvalue weighted by Gasteiger charge is 2.21. The van der Waals surface area contributed by atoms with Crippen LogP contribution in [0.4, 0.5) is 0 Å². The highest BCUT2D eigenvalue weighted by atomic mass is 32.2. The molecular weight excluding hydrogens is 272 g/mol. The van der Waals surface area contributed by atoms with Gasteiger partial charge in [0.25, 0.3) is 5.91 Å². The summed E-state index contributed by atoms with van der Waals surface area (Å²) in [6, 6.07) is 1.13. The first-order valence-electron chi connectivity index (χ1n) is 5.66. The molecule has 7 nitrogen and oxygen atoms in total. The lowest BCUT2D eigenvalue weighted by atomic mass is 10.2. The number of aryl methyl sites for hydroxylation is 1. The SMILES string of the molecule is COCC(C)CNC(=O)c1cc(S(N)(=O)=O)c(C)o1. The van der Waals surface area contributed by atoms with Crippen LogP contribution in [0.1, 0.15) is 23.2 Å². The first-order chi connectivity index (χ1) is 8.75. The summed E-state index contributed by atoms with van der Waals surface area (Å²) in [5.74, 6) is -0.326. The third kappa shape index (κ3) is 4.34. The van der Waals surface area contributed by atoms with E-state index in [0.29, 0.717) is 13.2 Å². The van der Waals surface area contributed by atoms with Crippen molar-refractivity contribution < 1.29 is 22.4 Å². The summed E-state index contributed by atoms with van der Waals surface area (Å²) in [6.07, 6.45) is 0. The fourth-order valence-corrected chi connectivity index (χ4v) is 2.27. The minimum Gasteiger partial charge on any atom is -0.455 e. The summed E-state index contributed by atoms with van der Waals surface area (Å²) < 4.78 is 32.5. The van der Waals surface area contributed by atoms with E-state index in [9.17, 15) is 13.2 Å². The van der Waals surface area contributed by atoms with Gasteiger partial charge in [-0.05, 0) is 12.8 Å². The van der Waals surface area contributed by atoms with Crippen LogP contribution >= 0.6 is 0 Å². The van der Waals surface area contributed by atoms with Gasteiger partial charge in [0.05, 0.1) is 6.61 Å². The van der Waals surface area contributed by atoms with E-state index in [1.165, 1.54) is 6.92 Å². The van der Waals surface area contributed by atoms with Crippen molar-refractivity contribution in [2.75, 3.05) is 20.3 Å². The van der Waals surface area contributed by atoms with Crippen molar-refractivity contribution in [3.63, 3.8) is 0 Å². The molecule has 0 aliphatic carbocycles. The molecule has 1 aromatic rings. The molecule has 0 spiro atoms. The fourth-order valence-electron chi connectivity index (χ4n) is 1.56. The quantitative estimate of drug-likeness (QED) is 0.780. The summed E-state index contributed by atoms with van der Waals surface area (Å²) in [5.41, 5.74) is 0. The summed E-state index contributed by atoms with van der Waals surface area (Å²) >= 11 is 0. The van der Waals surface area contributed by atoms with Crippen LogP contribution in [-0.2, 0) is 14.8 Å². The molecule has 0 saturated heterocycles. The predicted molar refractivity (Wildman–Crippen MR) is 68.2 cm³/mol. The molecule has 1 atom stereocenters. The van der Waals surface area contributed by atoms with Crippen molar-refractivity contribution in [3.05, 3.63) is 17.6 Å². The number of furan rings is 1. The average molecular weight is 290 g/mol. The van der Waals surface area contributed by atoms with Crippen LogP contribution in [0.2, 0.25) is 0 Å². The Bertz CT molecular complexity index is 549. The summed E-state index contributed by atoms with van der Waals surface area (Å²) in [5, 5.41) is 7.62. The molecule has 0 aliphatic heterocycles. The molecule has 1 rings (SSSR count). The first-order valence-corrected chi connectivity index (χ1v) is 7.20. The van der Waals surface area contributed by atoms with E-state index in [1.807, 2.05) is 6.92 Å². The molecule has 1 heterocycles. The molecule has 0 fully saturated rings. The van der Waals surface area contributed by atoms with E-state index in [2.05, 4.69) is 5.32 Å². The zero-order valence-electron chi connectivity index (χ0n) is 11.1. The highest BCUT2D eigenvalue weighted by Crippen LogP contribution is 2.18. The molecule has 3 N–H and O–H groups in total. The number of ether oxygens (including phenoxy) is 1. The van der Waals surface area contributed by atoms with Crippen molar-refractivity contribution in [1.29, 1.82) is 0 Å². The first kappa shape index (κ1) is 15.7. The zero-order chi connectivity index (χ0) is 14.6. The minimum absolute atomic E-state index is 0.0776. The topological polar surface area (TPSA) is 112 Å². The molecule has 0 bridgehead atoms. The highest BCUT2D eigenvalue weighted by molar-refractivity contribution is 7.89. The molecule has 0 aliphatic rings. The van der Waals surface area contributed by atoms with Gasteiger partial charge in [-0.25, -0.2) is 13.6 Å². The van der Waals surface area contributed by atoms with Crippen molar-refractivity contribution >= 4 is 15.9 Å². The second kappa shape index (κ2) is 6.18. The number of amides is 1. The van der Waals surface area contributed by atoms with Gasteiger partial charge in [-0.15, -0.1) is 0 Å². The molecule has 0 radical (unpaired) electrons. The second-order valence-electron chi connectivity index (χ2n) is 4.35. The van der Waals surface area contributed by atoms with Gasteiger partial charge in [0.1, 0.15) is 10.7 Å². The number of nitrogens with two attached hydrogens (primary N) is 1. The summed E-state index contributed by atoms with van der Waals surface area (Å²) in [7, 11) is -2.30. The van der Waals surface area contributed by atoms with Gasteiger partial charge < -0.3 is 14.5 Å². The summed E-state index contributed by atoms with van der Waals surface area (Å²) in [6.45, 7) is 4.26. The van der Waals surface area contributed by atoms with Gasteiger partial charge in [0.15, 0.2) is 5.76 Å². The lowest BCUT2D eigenvalue weighted by molar-refractivity contribution is 0.0905. The van der Waals surface area contributed by atoms with Gasteiger partial charge in [-0.3, -0.25) is 4.79 Å². The number of hydrogen-bond acceptors (Lipinski definition) is 5. The Hall–Kier alpha value is -1.38. The third-order valence-corrected chi connectivity index (χ3v) is 3.48. The van der Waals surface area contributed by atoms with E-state index in [-0.39, 0.29) is 22.3 Å². The molecular formula is C11H18N2O5S. The van der Waals surface area contributed by atoms with Crippen molar-refractivity contribution in [3.8, 4) is 0 Å². The Morgan fingerprint density at radius 1 is 1.58 bits per heavy atom. The van der Waals surface area contributed by atoms with Crippen LogP contribution in [0.3, 0.4) is 0 Å². The average Bonchev–Trinajstić information content (AvgIpc) is 2.68. The van der Waals surface area contributed by atoms with Crippen LogP contribution in [0.5, 0.6) is 0 Å². The number of carbonyl (C=O) groups is 1. The van der Waals surface area contributed by atoms with Gasteiger partial charge >= 0.3 is 0 Å². The standard InChI is InChI=1S/C11H18N2O5S/c1-7(6-17-3)5-13-11(14)9-4-10(8(2)18-9)19(12,15)16/h4,7H,5-6H2,1-3H3,(H,13,14)(H2,12,15,16). The number of rotatable bonds is 6. The maximum Gasteiger partial charge on any atom is 0.287 e. The van der Waals surface area contributed by atoms with Crippen LogP contribution < -0.4 is 10.5 Å². The lowest BCUT2D eigenvalue weighted by Crippen LogP contribution is -2.29. The van der Waals surface area contributed by atoms with E-state index < -0.39 is 15.9 Å². The Kier molecular flexibility index (Phi) is 5.10. The lowest BCUT2D eigenvalue weighted by Gasteiger charge is -2.10. The van der Waals surface area contributed by atoms with Gasteiger partial charge in [0.2, 0.25) is 10.0 Å². The van der Waals surface area contributed by atoms with Crippen molar-refractivity contribution in [1.82, 2.24) is 5.32 Å². The van der Waals surface area contributed by atoms with Crippen molar-refractivity contribution in [2.24, 2.45) is 11.1 Å². The van der Waals surface area contributed by atoms with Gasteiger partial charge in [-0.1, -0.05) is 6.92 Å². The van der Waals surface area contributed by atoms with E-state index >= 15 is 0 Å². The second-order valence-corrected chi connectivity index (χ2v) is 5.88. The smallest absolute Gasteiger partial charge is 0.287 e. The number of nitrogens with one attached hydrogen (secondary N) is 1. The van der Waals surface area contributed by atoms with Gasteiger partial charge in [0, 0.05) is 19.7 Å². The van der Waals surface area contributed by atoms with Crippen LogP contribution in [-0.4, -0.2) is 34.6 Å². The van der Waals surface area contributed by atoms with E-state index in [1.54, 1.807) is 7.11 Å². The minimum atomic E-state index is -3.88. The van der Waals surface area contributed by atoms with E-state index in [4.69, 9.17) is 14.3 Å². The molecule has 108 valence electrons. The molecule has 8 heteroatoms. The van der Waals surface area contributed by atoms with Crippen LogP contribution in [0, 0.1) is 12.8 Å². The number of methoxy groups -OCH3 is 1. The van der Waals surface area contributed by atoms with Crippen molar-refractivity contribution in [2.45, 2.75) is 18.7 Å². The molecule has 1 aromatic heterocycles. The van der Waals surface area contributed by atoms with Gasteiger partial charge in [-0.2, -0.15) is 0 Å². The Morgan fingerprint density at radius 3 is 2.68 bits per heavy atom. The van der Waals surface area contributed by atoms with E-state index in [0.717, 1.165) is 6.07 Å².